The fourth-order valence-corrected chi connectivity index (χ4v) is 3.76. The average molecular weight is 487 g/mol. The summed E-state index contributed by atoms with van der Waals surface area (Å²) in [6.45, 7) is 1.18. The summed E-state index contributed by atoms with van der Waals surface area (Å²) in [5, 5.41) is 12.6. The predicted molar refractivity (Wildman–Crippen MR) is 121 cm³/mol. The SMILES string of the molecule is O=C1NN(c2ccccc2)C(=O)C1=Cc1cc(Cl)c(OCC(=O)N2CCOCC2)c([N+](=O)[O-])c1. The van der Waals surface area contributed by atoms with Gasteiger partial charge in [0, 0.05) is 19.2 Å². The lowest BCUT2D eigenvalue weighted by Gasteiger charge is -2.26. The van der Waals surface area contributed by atoms with Crippen molar-refractivity contribution in [1.82, 2.24) is 10.3 Å². The quantitative estimate of drug-likeness (QED) is 0.285. The van der Waals surface area contributed by atoms with Gasteiger partial charge in [0.2, 0.25) is 5.75 Å². The van der Waals surface area contributed by atoms with Crippen LogP contribution >= 0.6 is 11.6 Å². The van der Waals surface area contributed by atoms with Gasteiger partial charge in [0.1, 0.15) is 5.57 Å². The molecule has 2 aliphatic rings. The van der Waals surface area contributed by atoms with Crippen LogP contribution in [0.1, 0.15) is 5.56 Å². The summed E-state index contributed by atoms with van der Waals surface area (Å²) < 4.78 is 10.6. The summed E-state index contributed by atoms with van der Waals surface area (Å²) in [4.78, 5) is 49.9. The summed E-state index contributed by atoms with van der Waals surface area (Å²) in [6, 6.07) is 10.9. The predicted octanol–water partition coefficient (Wildman–Crippen LogP) is 1.95. The maximum Gasteiger partial charge on any atom is 0.313 e. The fourth-order valence-electron chi connectivity index (χ4n) is 3.48. The van der Waals surface area contributed by atoms with Crippen LogP contribution in [-0.2, 0) is 19.1 Å². The molecular formula is C22H19ClN4O7. The van der Waals surface area contributed by atoms with E-state index >= 15 is 0 Å². The Bertz CT molecular complexity index is 1180. The lowest BCUT2D eigenvalue weighted by atomic mass is 10.1. The number of ether oxygens (including phenoxy) is 2. The highest BCUT2D eigenvalue weighted by molar-refractivity contribution is 6.33. The lowest BCUT2D eigenvalue weighted by Crippen LogP contribution is -2.43. The number of benzene rings is 2. The molecule has 0 bridgehead atoms. The van der Waals surface area contributed by atoms with E-state index in [1.807, 2.05) is 0 Å². The standard InChI is InChI=1S/C22H19ClN4O7/c23-17-11-14(10-16-21(29)24-26(22(16)30)15-4-2-1-3-5-15)12-18(27(31)32)20(17)34-13-19(28)25-6-8-33-9-7-25/h1-5,10-12H,6-9,13H2,(H,24,29). The van der Waals surface area contributed by atoms with Crippen molar-refractivity contribution in [2.75, 3.05) is 37.9 Å². The number of nitro groups is 1. The monoisotopic (exact) mass is 486 g/mol. The average Bonchev–Trinajstić information content (AvgIpc) is 3.12. The molecule has 34 heavy (non-hydrogen) atoms. The third-order valence-corrected chi connectivity index (χ3v) is 5.44. The molecule has 4 rings (SSSR count). The van der Waals surface area contributed by atoms with Gasteiger partial charge in [-0.2, -0.15) is 0 Å². The number of carbonyl (C=O) groups is 3. The number of halogens is 1. The van der Waals surface area contributed by atoms with Crippen molar-refractivity contribution in [3.8, 4) is 5.75 Å². The van der Waals surface area contributed by atoms with Crippen LogP contribution in [0.2, 0.25) is 5.02 Å². The molecule has 2 saturated heterocycles. The molecule has 11 nitrogen and oxygen atoms in total. The van der Waals surface area contributed by atoms with Crippen molar-refractivity contribution in [2.24, 2.45) is 0 Å². The summed E-state index contributed by atoms with van der Waals surface area (Å²) >= 11 is 6.23. The van der Waals surface area contributed by atoms with E-state index in [9.17, 15) is 24.5 Å². The normalized spacial score (nSPS) is 17.1. The van der Waals surface area contributed by atoms with Gasteiger partial charge >= 0.3 is 5.69 Å². The minimum absolute atomic E-state index is 0.137. The molecule has 0 spiro atoms. The maximum absolute atomic E-state index is 12.8. The van der Waals surface area contributed by atoms with Gasteiger partial charge in [-0.25, -0.2) is 5.01 Å². The smallest absolute Gasteiger partial charge is 0.313 e. The second kappa shape index (κ2) is 9.89. The highest BCUT2D eigenvalue weighted by Gasteiger charge is 2.34. The number of carbonyl (C=O) groups excluding carboxylic acids is 3. The Balaban J connectivity index is 1.57. The molecule has 2 fully saturated rings. The maximum atomic E-state index is 12.8. The van der Waals surface area contributed by atoms with Gasteiger partial charge in [-0.15, -0.1) is 0 Å². The lowest BCUT2D eigenvalue weighted by molar-refractivity contribution is -0.385. The molecule has 1 N–H and O–H groups in total. The van der Waals surface area contributed by atoms with Crippen molar-refractivity contribution in [3.05, 3.63) is 68.7 Å². The zero-order chi connectivity index (χ0) is 24.2. The van der Waals surface area contributed by atoms with Crippen molar-refractivity contribution in [3.63, 3.8) is 0 Å². The summed E-state index contributed by atoms with van der Waals surface area (Å²) in [7, 11) is 0. The molecule has 2 heterocycles. The van der Waals surface area contributed by atoms with E-state index in [2.05, 4.69) is 5.43 Å². The number of rotatable bonds is 6. The number of hydrogen-bond donors (Lipinski definition) is 1. The van der Waals surface area contributed by atoms with Gasteiger partial charge < -0.3 is 14.4 Å². The second-order valence-electron chi connectivity index (χ2n) is 7.36. The highest BCUT2D eigenvalue weighted by Crippen LogP contribution is 2.37. The molecule has 0 atom stereocenters. The molecule has 176 valence electrons. The van der Waals surface area contributed by atoms with Crippen LogP contribution < -0.4 is 15.2 Å². The molecule has 3 amide bonds. The molecule has 0 aromatic heterocycles. The summed E-state index contributed by atoms with van der Waals surface area (Å²) in [5.41, 5.74) is 2.34. The van der Waals surface area contributed by atoms with E-state index < -0.39 is 29.0 Å². The number of amides is 3. The summed E-state index contributed by atoms with van der Waals surface area (Å²) in [6.07, 6.45) is 1.21. The second-order valence-corrected chi connectivity index (χ2v) is 7.77. The first-order valence-electron chi connectivity index (χ1n) is 10.2. The minimum Gasteiger partial charge on any atom is -0.476 e. The van der Waals surface area contributed by atoms with Crippen LogP contribution in [0.5, 0.6) is 5.75 Å². The molecule has 2 aliphatic heterocycles. The Kier molecular flexibility index (Phi) is 6.75. The topological polar surface area (TPSA) is 131 Å². The summed E-state index contributed by atoms with van der Waals surface area (Å²) in [5.74, 6) is -1.91. The van der Waals surface area contributed by atoms with Crippen LogP contribution in [0, 0.1) is 10.1 Å². The van der Waals surface area contributed by atoms with Crippen LogP contribution in [0.25, 0.3) is 6.08 Å². The van der Waals surface area contributed by atoms with Gasteiger partial charge in [0.25, 0.3) is 17.7 Å². The van der Waals surface area contributed by atoms with Crippen molar-refractivity contribution in [2.45, 2.75) is 0 Å². The van der Waals surface area contributed by atoms with E-state index in [4.69, 9.17) is 21.1 Å². The molecule has 2 aromatic rings. The number of para-hydroxylation sites is 1. The fraction of sp³-hybridized carbons (Fsp3) is 0.227. The van der Waals surface area contributed by atoms with Gasteiger partial charge in [-0.3, -0.25) is 29.9 Å². The van der Waals surface area contributed by atoms with Crippen molar-refractivity contribution >= 4 is 46.8 Å². The zero-order valence-corrected chi connectivity index (χ0v) is 18.5. The third kappa shape index (κ3) is 4.85. The van der Waals surface area contributed by atoms with E-state index in [0.29, 0.717) is 32.0 Å². The van der Waals surface area contributed by atoms with E-state index in [1.54, 1.807) is 30.3 Å². The van der Waals surface area contributed by atoms with E-state index in [1.165, 1.54) is 17.0 Å². The van der Waals surface area contributed by atoms with Gasteiger partial charge in [-0.1, -0.05) is 29.8 Å². The Morgan fingerprint density at radius 3 is 2.59 bits per heavy atom. The largest absolute Gasteiger partial charge is 0.476 e. The van der Waals surface area contributed by atoms with Gasteiger partial charge in [0.05, 0.1) is 28.8 Å². The third-order valence-electron chi connectivity index (χ3n) is 5.16. The first-order chi connectivity index (χ1) is 16.3. The zero-order valence-electron chi connectivity index (χ0n) is 17.7. The van der Waals surface area contributed by atoms with Crippen LogP contribution in [-0.4, -0.2) is 60.5 Å². The van der Waals surface area contributed by atoms with Crippen LogP contribution in [0.3, 0.4) is 0 Å². The Morgan fingerprint density at radius 2 is 1.91 bits per heavy atom. The molecule has 2 aromatic carbocycles. The van der Waals surface area contributed by atoms with Crippen molar-refractivity contribution < 1.29 is 28.8 Å². The number of hydrogen-bond acceptors (Lipinski definition) is 7. The Hall–Kier alpha value is -3.96. The number of hydrazine groups is 1. The van der Waals surface area contributed by atoms with E-state index in [0.717, 1.165) is 11.1 Å². The first kappa shape index (κ1) is 23.2. The van der Waals surface area contributed by atoms with Crippen LogP contribution in [0.15, 0.2) is 48.0 Å². The van der Waals surface area contributed by atoms with Crippen LogP contribution in [0.4, 0.5) is 11.4 Å². The molecule has 0 radical (unpaired) electrons. The first-order valence-corrected chi connectivity index (χ1v) is 10.6. The number of anilines is 1. The number of nitrogens with zero attached hydrogens (tertiary/aromatic N) is 3. The highest BCUT2D eigenvalue weighted by atomic mass is 35.5. The van der Waals surface area contributed by atoms with Gasteiger partial charge in [0.15, 0.2) is 6.61 Å². The molecule has 0 saturated carbocycles. The Labute approximate surface area is 198 Å². The molecule has 0 unspecified atom stereocenters. The molecular weight excluding hydrogens is 468 g/mol. The minimum atomic E-state index is -0.713. The van der Waals surface area contributed by atoms with Gasteiger partial charge in [-0.05, 0) is 29.8 Å². The number of nitro benzene ring substituents is 1. The molecule has 0 aliphatic carbocycles. The van der Waals surface area contributed by atoms with E-state index in [-0.39, 0.29) is 27.8 Å². The number of morpholine rings is 1. The van der Waals surface area contributed by atoms with Crippen molar-refractivity contribution in [1.29, 1.82) is 0 Å². The Morgan fingerprint density at radius 1 is 1.21 bits per heavy atom. The number of nitrogens with one attached hydrogen (secondary N) is 1. The molecule has 12 heteroatoms.